The maximum Gasteiger partial charge on any atom is 0.303 e. The molecule has 112 valence electrons. The number of aromatic nitrogens is 2. The highest BCUT2D eigenvalue weighted by atomic mass is 79.9. The first kappa shape index (κ1) is 16.2. The van der Waals surface area contributed by atoms with Crippen LogP contribution in [0.15, 0.2) is 31.6 Å². The Bertz CT molecular complexity index is 668. The summed E-state index contributed by atoms with van der Waals surface area (Å²) in [6, 6.07) is 5.67. The molecule has 5 nitrogen and oxygen atoms in total. The zero-order chi connectivity index (χ0) is 15.6. The molecule has 21 heavy (non-hydrogen) atoms. The van der Waals surface area contributed by atoms with E-state index < -0.39 is 11.4 Å². The van der Waals surface area contributed by atoms with Crippen molar-refractivity contribution in [2.45, 2.75) is 26.7 Å². The molecule has 0 saturated carbocycles. The molecule has 0 aliphatic carbocycles. The second-order valence-electron chi connectivity index (χ2n) is 5.54. The van der Waals surface area contributed by atoms with E-state index in [1.165, 1.54) is 0 Å². The summed E-state index contributed by atoms with van der Waals surface area (Å²) in [5, 5.41) is 16.9. The van der Waals surface area contributed by atoms with Gasteiger partial charge in [-0.3, -0.25) is 4.79 Å². The van der Waals surface area contributed by atoms with Gasteiger partial charge in [0.2, 0.25) is 11.8 Å². The third kappa shape index (κ3) is 4.38. The highest BCUT2D eigenvalue weighted by Gasteiger charge is 2.25. The molecule has 2 aromatic rings. The van der Waals surface area contributed by atoms with Crippen molar-refractivity contribution < 1.29 is 14.3 Å². The number of aliphatic carboxylic acids is 1. The van der Waals surface area contributed by atoms with Crippen LogP contribution in [0.3, 0.4) is 0 Å². The average Bonchev–Trinajstić information content (AvgIpc) is 2.78. The van der Waals surface area contributed by atoms with Crippen LogP contribution in [0.2, 0.25) is 0 Å². The number of rotatable bonds is 5. The molecule has 0 bridgehead atoms. The Balaban J connectivity index is 2.22. The molecule has 0 saturated heterocycles. The lowest BCUT2D eigenvalue weighted by Crippen LogP contribution is -2.19. The predicted molar refractivity (Wildman–Crippen MR) is 84.9 cm³/mol. The molecule has 0 aliphatic heterocycles. The Morgan fingerprint density at radius 1 is 1.33 bits per heavy atom. The molecule has 1 aromatic carbocycles. The Morgan fingerprint density at radius 2 is 2.05 bits per heavy atom. The number of hydrogen-bond acceptors (Lipinski definition) is 4. The van der Waals surface area contributed by atoms with E-state index in [-0.39, 0.29) is 6.42 Å². The largest absolute Gasteiger partial charge is 0.481 e. The molecular formula is C14H14Br2N2O3. The van der Waals surface area contributed by atoms with Gasteiger partial charge in [-0.15, -0.1) is 10.2 Å². The molecule has 1 aromatic heterocycles. The van der Waals surface area contributed by atoms with Crippen LogP contribution in [0.1, 0.15) is 26.2 Å². The van der Waals surface area contributed by atoms with Gasteiger partial charge in [0.15, 0.2) is 0 Å². The van der Waals surface area contributed by atoms with Crippen LogP contribution in [0.5, 0.6) is 0 Å². The van der Waals surface area contributed by atoms with Crippen LogP contribution < -0.4 is 0 Å². The summed E-state index contributed by atoms with van der Waals surface area (Å²) in [6.45, 7) is 3.72. The quantitative estimate of drug-likeness (QED) is 0.784. The molecule has 0 radical (unpaired) electrons. The van der Waals surface area contributed by atoms with E-state index in [4.69, 9.17) is 9.52 Å². The monoisotopic (exact) mass is 416 g/mol. The van der Waals surface area contributed by atoms with E-state index in [1.54, 1.807) is 0 Å². The van der Waals surface area contributed by atoms with Crippen molar-refractivity contribution >= 4 is 37.8 Å². The second-order valence-corrected chi connectivity index (χ2v) is 7.31. The van der Waals surface area contributed by atoms with Crippen molar-refractivity contribution in [1.29, 1.82) is 0 Å². The fourth-order valence-electron chi connectivity index (χ4n) is 1.98. The zero-order valence-corrected chi connectivity index (χ0v) is 14.7. The highest BCUT2D eigenvalue weighted by molar-refractivity contribution is 9.11. The number of nitrogens with zero attached hydrogens (tertiary/aromatic N) is 2. The third-order valence-electron chi connectivity index (χ3n) is 2.89. The zero-order valence-electron chi connectivity index (χ0n) is 11.6. The van der Waals surface area contributed by atoms with Crippen LogP contribution in [-0.4, -0.2) is 21.3 Å². The number of carbonyl (C=O) groups is 1. The van der Waals surface area contributed by atoms with Gasteiger partial charge in [0.05, 0.1) is 12.0 Å². The van der Waals surface area contributed by atoms with Crippen LogP contribution >= 0.6 is 31.9 Å². The molecule has 7 heteroatoms. The minimum absolute atomic E-state index is 0.0469. The predicted octanol–water partition coefficient (Wildman–Crippen LogP) is 4.31. The first-order valence-electron chi connectivity index (χ1n) is 6.26. The van der Waals surface area contributed by atoms with Crippen molar-refractivity contribution in [3.8, 4) is 11.5 Å². The van der Waals surface area contributed by atoms with Gasteiger partial charge in [0.25, 0.3) is 0 Å². The fourth-order valence-corrected chi connectivity index (χ4v) is 2.75. The van der Waals surface area contributed by atoms with Crippen LogP contribution in [-0.2, 0) is 11.2 Å². The molecule has 0 unspecified atom stereocenters. The van der Waals surface area contributed by atoms with E-state index in [0.29, 0.717) is 18.2 Å². The van der Waals surface area contributed by atoms with E-state index in [9.17, 15) is 4.79 Å². The second kappa shape index (κ2) is 6.27. The number of hydrogen-bond donors (Lipinski definition) is 1. The number of carboxylic acid groups (broad SMARTS) is 1. The first-order valence-corrected chi connectivity index (χ1v) is 7.85. The summed E-state index contributed by atoms with van der Waals surface area (Å²) in [7, 11) is 0. The van der Waals surface area contributed by atoms with Gasteiger partial charge < -0.3 is 9.52 Å². The Kier molecular flexibility index (Phi) is 4.83. The Morgan fingerprint density at radius 3 is 2.71 bits per heavy atom. The Labute approximate surface area is 139 Å². The molecule has 0 amide bonds. The van der Waals surface area contributed by atoms with Crippen molar-refractivity contribution in [1.82, 2.24) is 10.2 Å². The number of carboxylic acids is 1. The lowest BCUT2D eigenvalue weighted by Gasteiger charge is -2.19. The summed E-state index contributed by atoms with van der Waals surface area (Å²) in [5.41, 5.74) is 0.351. The summed E-state index contributed by atoms with van der Waals surface area (Å²) < 4.78 is 7.42. The fraction of sp³-hybridized carbons (Fsp3) is 0.357. The van der Waals surface area contributed by atoms with Crippen molar-refractivity contribution in [2.75, 3.05) is 0 Å². The Hall–Kier alpha value is -1.21. The minimum Gasteiger partial charge on any atom is -0.481 e. The van der Waals surface area contributed by atoms with Crippen molar-refractivity contribution in [2.24, 2.45) is 5.41 Å². The summed E-state index contributed by atoms with van der Waals surface area (Å²) in [6.07, 6.45) is 0.462. The summed E-state index contributed by atoms with van der Waals surface area (Å²) in [4.78, 5) is 10.8. The molecule has 0 aliphatic rings. The maximum absolute atomic E-state index is 10.8. The lowest BCUT2D eigenvalue weighted by atomic mass is 9.86. The molecule has 0 spiro atoms. The molecule has 1 heterocycles. The molecule has 0 fully saturated rings. The van der Waals surface area contributed by atoms with E-state index >= 15 is 0 Å². The smallest absolute Gasteiger partial charge is 0.303 e. The topological polar surface area (TPSA) is 76.2 Å². The average molecular weight is 418 g/mol. The van der Waals surface area contributed by atoms with Gasteiger partial charge in [-0.25, -0.2) is 0 Å². The lowest BCUT2D eigenvalue weighted by molar-refractivity contribution is -0.139. The molecule has 2 rings (SSSR count). The maximum atomic E-state index is 10.8. The third-order valence-corrected chi connectivity index (χ3v) is 4.07. The molecule has 1 N–H and O–H groups in total. The number of benzene rings is 1. The van der Waals surface area contributed by atoms with Crippen LogP contribution in [0.4, 0.5) is 0 Å². The SMILES string of the molecule is CC(C)(CC(=O)O)Cc1nnc(-c2cc(Br)ccc2Br)o1. The minimum atomic E-state index is -0.838. The van der Waals surface area contributed by atoms with Gasteiger partial charge in [-0.2, -0.15) is 0 Å². The van der Waals surface area contributed by atoms with Gasteiger partial charge in [0.1, 0.15) is 0 Å². The van der Waals surface area contributed by atoms with Gasteiger partial charge >= 0.3 is 5.97 Å². The van der Waals surface area contributed by atoms with Crippen LogP contribution in [0.25, 0.3) is 11.5 Å². The molecular weight excluding hydrogens is 404 g/mol. The van der Waals surface area contributed by atoms with Gasteiger partial charge in [-0.05, 0) is 39.5 Å². The highest BCUT2D eigenvalue weighted by Crippen LogP contribution is 2.32. The van der Waals surface area contributed by atoms with Crippen LogP contribution in [0, 0.1) is 5.41 Å². The summed E-state index contributed by atoms with van der Waals surface area (Å²) >= 11 is 6.84. The van der Waals surface area contributed by atoms with Gasteiger partial charge in [0, 0.05) is 15.4 Å². The standard InChI is InChI=1S/C14H14Br2N2O3/c1-14(2,7-12(19)20)6-11-17-18-13(21-11)9-5-8(15)3-4-10(9)16/h3-5H,6-7H2,1-2H3,(H,19,20). The number of halogens is 2. The van der Waals surface area contributed by atoms with Crippen molar-refractivity contribution in [3.05, 3.63) is 33.0 Å². The molecule has 0 atom stereocenters. The normalized spacial score (nSPS) is 11.6. The van der Waals surface area contributed by atoms with Gasteiger partial charge in [-0.1, -0.05) is 29.8 Å². The summed E-state index contributed by atoms with van der Waals surface area (Å²) in [5.74, 6) is 0.00176. The van der Waals surface area contributed by atoms with E-state index in [0.717, 1.165) is 14.5 Å². The van der Waals surface area contributed by atoms with Crippen molar-refractivity contribution in [3.63, 3.8) is 0 Å². The van der Waals surface area contributed by atoms with E-state index in [2.05, 4.69) is 42.1 Å². The first-order chi connectivity index (χ1) is 9.77. The van der Waals surface area contributed by atoms with E-state index in [1.807, 2.05) is 32.0 Å².